The molecule has 1 amide bonds. The van der Waals surface area contributed by atoms with Gasteiger partial charge in [-0.1, -0.05) is 23.9 Å². The van der Waals surface area contributed by atoms with Crippen molar-refractivity contribution in [1.29, 1.82) is 0 Å². The van der Waals surface area contributed by atoms with Gasteiger partial charge in [-0.05, 0) is 30.7 Å². The van der Waals surface area contributed by atoms with Crippen molar-refractivity contribution in [1.82, 2.24) is 4.98 Å². The number of pyridine rings is 1. The van der Waals surface area contributed by atoms with Gasteiger partial charge in [0.05, 0.1) is 12.6 Å². The van der Waals surface area contributed by atoms with Gasteiger partial charge >= 0.3 is 0 Å². The van der Waals surface area contributed by atoms with Crippen molar-refractivity contribution < 1.29 is 28.2 Å². The van der Waals surface area contributed by atoms with Crippen LogP contribution >= 0.6 is 11.8 Å². The van der Waals surface area contributed by atoms with Crippen LogP contribution in [0.15, 0.2) is 54.7 Å². The summed E-state index contributed by atoms with van der Waals surface area (Å²) in [5.74, 6) is 1.50. The zero-order chi connectivity index (χ0) is 23.6. The number of carbonyl (C=O) groups excluding carboxylic acids is 2. The lowest BCUT2D eigenvalue weighted by molar-refractivity contribution is -0.109. The minimum absolute atomic E-state index is 0.00585. The van der Waals surface area contributed by atoms with E-state index in [2.05, 4.69) is 10.3 Å². The maximum absolute atomic E-state index is 14.4. The number of rotatable bonds is 11. The summed E-state index contributed by atoms with van der Waals surface area (Å²) in [4.78, 5) is 25.8. The van der Waals surface area contributed by atoms with Crippen LogP contribution in [0.1, 0.15) is 13.3 Å². The predicted octanol–water partition coefficient (Wildman–Crippen LogP) is 5.35. The molecule has 3 aromatic rings. The van der Waals surface area contributed by atoms with Crippen LogP contribution in [0, 0.1) is 5.82 Å². The SMILES string of the molecule is COc1cc2c(Oc3ccc(NC=O)cc3F)ccnc2cc1OC/C=C/CCSC(C)=O. The Labute approximate surface area is 194 Å². The molecule has 2 aromatic carbocycles. The van der Waals surface area contributed by atoms with Crippen molar-refractivity contribution in [3.05, 3.63) is 60.6 Å². The van der Waals surface area contributed by atoms with Crippen LogP contribution in [0.3, 0.4) is 0 Å². The summed E-state index contributed by atoms with van der Waals surface area (Å²) in [5.41, 5.74) is 0.911. The summed E-state index contributed by atoms with van der Waals surface area (Å²) in [6.45, 7) is 1.88. The highest BCUT2D eigenvalue weighted by atomic mass is 32.2. The zero-order valence-corrected chi connectivity index (χ0v) is 19.0. The molecule has 0 saturated heterocycles. The summed E-state index contributed by atoms with van der Waals surface area (Å²) in [6, 6.07) is 9.22. The minimum atomic E-state index is -0.618. The highest BCUT2D eigenvalue weighted by Crippen LogP contribution is 2.37. The Hall–Kier alpha value is -3.59. The largest absolute Gasteiger partial charge is 0.493 e. The van der Waals surface area contributed by atoms with Crippen LogP contribution < -0.4 is 19.5 Å². The molecule has 1 N–H and O–H groups in total. The Bertz CT molecular complexity index is 1170. The number of fused-ring (bicyclic) bond motifs is 1. The molecule has 0 aliphatic carbocycles. The maximum Gasteiger partial charge on any atom is 0.211 e. The van der Waals surface area contributed by atoms with Crippen molar-refractivity contribution in [2.45, 2.75) is 13.3 Å². The van der Waals surface area contributed by atoms with Gasteiger partial charge in [0.2, 0.25) is 6.41 Å². The van der Waals surface area contributed by atoms with E-state index in [4.69, 9.17) is 14.2 Å². The highest BCUT2D eigenvalue weighted by molar-refractivity contribution is 8.13. The molecule has 0 unspecified atom stereocenters. The van der Waals surface area contributed by atoms with Gasteiger partial charge in [-0.3, -0.25) is 14.6 Å². The third-order valence-corrected chi connectivity index (χ3v) is 5.30. The highest BCUT2D eigenvalue weighted by Gasteiger charge is 2.13. The lowest BCUT2D eigenvalue weighted by Crippen LogP contribution is -1.98. The number of nitrogens with zero attached hydrogens (tertiary/aromatic N) is 1. The normalized spacial score (nSPS) is 10.9. The molecule has 0 fully saturated rings. The van der Waals surface area contributed by atoms with Crippen LogP contribution in [0.25, 0.3) is 10.9 Å². The molecule has 0 saturated carbocycles. The predicted molar refractivity (Wildman–Crippen MR) is 127 cm³/mol. The summed E-state index contributed by atoms with van der Waals surface area (Å²) < 4.78 is 31.4. The topological polar surface area (TPSA) is 86.8 Å². The molecular weight excluding hydrogens is 447 g/mol. The number of thioether (sulfide) groups is 1. The van der Waals surface area contributed by atoms with Crippen LogP contribution in [-0.4, -0.2) is 36.0 Å². The number of carbonyl (C=O) groups is 2. The monoisotopic (exact) mass is 470 g/mol. The first kappa shape index (κ1) is 24.1. The van der Waals surface area contributed by atoms with Gasteiger partial charge in [-0.2, -0.15) is 0 Å². The van der Waals surface area contributed by atoms with Crippen LogP contribution in [-0.2, 0) is 9.59 Å². The molecule has 0 aliphatic rings. The summed E-state index contributed by atoms with van der Waals surface area (Å²) in [7, 11) is 1.53. The third-order valence-electron chi connectivity index (χ3n) is 4.46. The zero-order valence-electron chi connectivity index (χ0n) is 18.2. The van der Waals surface area contributed by atoms with E-state index in [9.17, 15) is 14.0 Å². The second-order valence-corrected chi connectivity index (χ2v) is 8.02. The average molecular weight is 471 g/mol. The Balaban J connectivity index is 1.76. The summed E-state index contributed by atoms with van der Waals surface area (Å²) >= 11 is 1.29. The Morgan fingerprint density at radius 2 is 1.97 bits per heavy atom. The second-order valence-electron chi connectivity index (χ2n) is 6.75. The van der Waals surface area contributed by atoms with Crippen LogP contribution in [0.4, 0.5) is 10.1 Å². The van der Waals surface area contributed by atoms with Crippen molar-refractivity contribution in [2.24, 2.45) is 0 Å². The van der Waals surface area contributed by atoms with Crippen LogP contribution in [0.2, 0.25) is 0 Å². The van der Waals surface area contributed by atoms with Gasteiger partial charge in [0, 0.05) is 42.1 Å². The molecule has 1 aromatic heterocycles. The fourth-order valence-corrected chi connectivity index (χ4v) is 3.49. The Kier molecular flexibility index (Phi) is 8.65. The molecule has 1 heterocycles. The van der Waals surface area contributed by atoms with Gasteiger partial charge in [0.1, 0.15) is 12.4 Å². The first-order valence-corrected chi connectivity index (χ1v) is 11.1. The lowest BCUT2D eigenvalue weighted by Gasteiger charge is -2.14. The molecule has 0 atom stereocenters. The van der Waals surface area contributed by atoms with Crippen molar-refractivity contribution >= 4 is 39.9 Å². The second kappa shape index (κ2) is 11.9. The lowest BCUT2D eigenvalue weighted by atomic mass is 10.1. The van der Waals surface area contributed by atoms with Gasteiger partial charge in [-0.15, -0.1) is 0 Å². The molecule has 3 rings (SSSR count). The number of ether oxygens (including phenoxy) is 3. The van der Waals surface area contributed by atoms with Crippen molar-refractivity contribution in [3.63, 3.8) is 0 Å². The van der Waals surface area contributed by atoms with Crippen molar-refractivity contribution in [3.8, 4) is 23.0 Å². The van der Waals surface area contributed by atoms with E-state index in [0.29, 0.717) is 46.9 Å². The van der Waals surface area contributed by atoms with E-state index in [1.54, 1.807) is 31.3 Å². The molecule has 0 radical (unpaired) electrons. The molecule has 33 heavy (non-hydrogen) atoms. The summed E-state index contributed by atoms with van der Waals surface area (Å²) in [6.07, 6.45) is 6.64. The Morgan fingerprint density at radius 3 is 2.70 bits per heavy atom. The van der Waals surface area contributed by atoms with E-state index < -0.39 is 5.82 Å². The number of anilines is 1. The van der Waals surface area contributed by atoms with E-state index in [1.807, 2.05) is 12.2 Å². The molecule has 7 nitrogen and oxygen atoms in total. The molecule has 172 valence electrons. The van der Waals surface area contributed by atoms with Gasteiger partial charge < -0.3 is 19.5 Å². The van der Waals surface area contributed by atoms with Crippen LogP contribution in [0.5, 0.6) is 23.0 Å². The number of amides is 1. The summed E-state index contributed by atoms with van der Waals surface area (Å²) in [5, 5.41) is 3.11. The van der Waals surface area contributed by atoms with E-state index in [0.717, 1.165) is 12.2 Å². The molecule has 0 bridgehead atoms. The quantitative estimate of drug-likeness (QED) is 0.230. The minimum Gasteiger partial charge on any atom is -0.493 e. The number of nitrogens with one attached hydrogen (secondary N) is 1. The van der Waals surface area contributed by atoms with E-state index >= 15 is 0 Å². The first-order chi connectivity index (χ1) is 16.0. The van der Waals surface area contributed by atoms with E-state index in [1.165, 1.54) is 37.1 Å². The van der Waals surface area contributed by atoms with Crippen molar-refractivity contribution in [2.75, 3.05) is 24.8 Å². The average Bonchev–Trinajstić information content (AvgIpc) is 2.80. The first-order valence-electron chi connectivity index (χ1n) is 10.1. The fourth-order valence-electron chi connectivity index (χ4n) is 2.94. The smallest absolute Gasteiger partial charge is 0.211 e. The third kappa shape index (κ3) is 6.69. The molecule has 9 heteroatoms. The number of allylic oxidation sites excluding steroid dienone is 1. The Morgan fingerprint density at radius 1 is 1.12 bits per heavy atom. The number of benzene rings is 2. The molecule has 0 aliphatic heterocycles. The number of halogens is 1. The standard InChI is InChI=1S/C24H23FN2O5S/c1-16(29)33-11-5-3-4-10-31-24-14-20-18(13-23(24)30-2)21(8-9-26-20)32-22-7-6-17(27-15-28)12-19(22)25/h3-4,6-9,12-15H,5,10-11H2,1-2H3,(H,27,28)/b4-3+. The number of methoxy groups -OCH3 is 1. The van der Waals surface area contributed by atoms with Gasteiger partial charge in [-0.25, -0.2) is 4.39 Å². The fraction of sp³-hybridized carbons (Fsp3) is 0.208. The molecule has 0 spiro atoms. The van der Waals surface area contributed by atoms with Gasteiger partial charge in [0.15, 0.2) is 28.2 Å². The maximum atomic E-state index is 14.4. The number of aromatic nitrogens is 1. The number of hydrogen-bond acceptors (Lipinski definition) is 7. The van der Waals surface area contributed by atoms with E-state index in [-0.39, 0.29) is 10.9 Å². The molecular formula is C24H23FN2O5S. The van der Waals surface area contributed by atoms with Gasteiger partial charge in [0.25, 0.3) is 0 Å². The number of hydrogen-bond donors (Lipinski definition) is 1.